The smallest absolute Gasteiger partial charge is 0.0706 e. The average molecular weight is 322 g/mol. The van der Waals surface area contributed by atoms with Crippen LogP contribution in [0.5, 0.6) is 0 Å². The Balaban J connectivity index is 1.50. The zero-order valence-corrected chi connectivity index (χ0v) is 14.3. The third-order valence-electron chi connectivity index (χ3n) is 5.13. The summed E-state index contributed by atoms with van der Waals surface area (Å²) in [5.41, 5.74) is 4.76. The molecule has 126 valence electrons. The van der Waals surface area contributed by atoms with Gasteiger partial charge in [-0.15, -0.1) is 0 Å². The largest absolute Gasteiger partial charge is 0.299 e. The van der Waals surface area contributed by atoms with E-state index < -0.39 is 0 Å². The Morgan fingerprint density at radius 3 is 2.17 bits per heavy atom. The van der Waals surface area contributed by atoms with Gasteiger partial charge in [-0.05, 0) is 81.7 Å². The standard InChI is InChI=1S/C20H26N4/c1-2-10-23(9-1)15-17-5-7-22-20(13-17)18-6-8-21-19(14-18)16-24-11-3-4-12-24/h5-8,13-14H,1-4,9-12,15-16H2. The molecule has 2 aliphatic heterocycles. The minimum absolute atomic E-state index is 0.960. The van der Waals surface area contributed by atoms with E-state index in [1.54, 1.807) is 0 Å². The molecule has 0 spiro atoms. The van der Waals surface area contributed by atoms with Gasteiger partial charge in [0.1, 0.15) is 0 Å². The molecular formula is C20H26N4. The van der Waals surface area contributed by atoms with Gasteiger partial charge in [-0.2, -0.15) is 0 Å². The summed E-state index contributed by atoms with van der Waals surface area (Å²) < 4.78 is 0. The topological polar surface area (TPSA) is 32.3 Å². The summed E-state index contributed by atoms with van der Waals surface area (Å²) in [6.07, 6.45) is 9.18. The molecule has 0 aromatic carbocycles. The summed E-state index contributed by atoms with van der Waals surface area (Å²) in [5, 5.41) is 0. The van der Waals surface area contributed by atoms with E-state index in [-0.39, 0.29) is 0 Å². The Morgan fingerprint density at radius 1 is 0.750 bits per heavy atom. The Bertz CT molecular complexity index is 613. The zero-order chi connectivity index (χ0) is 16.2. The van der Waals surface area contributed by atoms with Crippen molar-refractivity contribution in [1.82, 2.24) is 19.8 Å². The summed E-state index contributed by atoms with van der Waals surface area (Å²) in [6.45, 7) is 6.87. The second-order valence-electron chi connectivity index (χ2n) is 7.05. The Morgan fingerprint density at radius 2 is 1.42 bits per heavy atom. The predicted molar refractivity (Wildman–Crippen MR) is 96.5 cm³/mol. The van der Waals surface area contributed by atoms with Crippen molar-refractivity contribution in [3.05, 3.63) is 47.9 Å². The van der Waals surface area contributed by atoms with Gasteiger partial charge in [0, 0.05) is 31.0 Å². The van der Waals surface area contributed by atoms with E-state index >= 15 is 0 Å². The van der Waals surface area contributed by atoms with Crippen LogP contribution in [0.2, 0.25) is 0 Å². The van der Waals surface area contributed by atoms with Crippen LogP contribution in [0.15, 0.2) is 36.7 Å². The highest BCUT2D eigenvalue weighted by atomic mass is 15.1. The van der Waals surface area contributed by atoms with Crippen LogP contribution in [0.4, 0.5) is 0 Å². The lowest BCUT2D eigenvalue weighted by atomic mass is 10.1. The minimum Gasteiger partial charge on any atom is -0.299 e. The van der Waals surface area contributed by atoms with Crippen LogP contribution in [0.3, 0.4) is 0 Å². The maximum Gasteiger partial charge on any atom is 0.0706 e. The quantitative estimate of drug-likeness (QED) is 0.845. The van der Waals surface area contributed by atoms with Crippen molar-refractivity contribution in [3.8, 4) is 11.3 Å². The molecule has 4 rings (SSSR count). The first-order valence-corrected chi connectivity index (χ1v) is 9.22. The zero-order valence-electron chi connectivity index (χ0n) is 14.3. The van der Waals surface area contributed by atoms with Crippen molar-refractivity contribution in [1.29, 1.82) is 0 Å². The number of aromatic nitrogens is 2. The molecule has 0 unspecified atom stereocenters. The van der Waals surface area contributed by atoms with Gasteiger partial charge < -0.3 is 0 Å². The van der Waals surface area contributed by atoms with Crippen LogP contribution in [-0.2, 0) is 13.1 Å². The minimum atomic E-state index is 0.960. The van der Waals surface area contributed by atoms with Crippen LogP contribution in [0.1, 0.15) is 36.9 Å². The summed E-state index contributed by atoms with van der Waals surface area (Å²) in [6, 6.07) is 8.68. The summed E-state index contributed by atoms with van der Waals surface area (Å²) in [4.78, 5) is 14.2. The number of nitrogens with zero attached hydrogens (tertiary/aromatic N) is 4. The second kappa shape index (κ2) is 7.41. The SMILES string of the molecule is c1cc(-c2cc(CN3CCCC3)ccn2)cc(CN2CCCC2)n1. The molecule has 4 heteroatoms. The van der Waals surface area contributed by atoms with E-state index in [0.717, 1.165) is 24.5 Å². The van der Waals surface area contributed by atoms with Crippen molar-refractivity contribution in [3.63, 3.8) is 0 Å². The first kappa shape index (κ1) is 15.7. The number of hydrogen-bond acceptors (Lipinski definition) is 4. The molecule has 0 aliphatic carbocycles. The van der Waals surface area contributed by atoms with Gasteiger partial charge >= 0.3 is 0 Å². The van der Waals surface area contributed by atoms with Gasteiger partial charge in [0.15, 0.2) is 0 Å². The van der Waals surface area contributed by atoms with Crippen LogP contribution >= 0.6 is 0 Å². The third-order valence-corrected chi connectivity index (χ3v) is 5.13. The Hall–Kier alpha value is -1.78. The maximum atomic E-state index is 4.60. The van der Waals surface area contributed by atoms with E-state index in [2.05, 4.69) is 44.0 Å². The molecule has 0 saturated carbocycles. The van der Waals surface area contributed by atoms with Crippen LogP contribution in [-0.4, -0.2) is 45.9 Å². The number of rotatable bonds is 5. The summed E-state index contributed by atoms with van der Waals surface area (Å²) >= 11 is 0. The molecule has 0 N–H and O–H groups in total. The van der Waals surface area contributed by atoms with Gasteiger partial charge in [-0.1, -0.05) is 0 Å². The predicted octanol–water partition coefficient (Wildman–Crippen LogP) is 3.34. The van der Waals surface area contributed by atoms with Crippen LogP contribution in [0.25, 0.3) is 11.3 Å². The van der Waals surface area contributed by atoms with Crippen LogP contribution in [0, 0.1) is 0 Å². The highest BCUT2D eigenvalue weighted by Crippen LogP contribution is 2.21. The van der Waals surface area contributed by atoms with Crippen LogP contribution < -0.4 is 0 Å². The van der Waals surface area contributed by atoms with E-state index in [1.807, 2.05) is 12.4 Å². The molecule has 2 aliphatic rings. The lowest BCUT2D eigenvalue weighted by Gasteiger charge is -2.15. The van der Waals surface area contributed by atoms with Gasteiger partial charge in [0.05, 0.1) is 11.4 Å². The number of hydrogen-bond donors (Lipinski definition) is 0. The van der Waals surface area contributed by atoms with Crippen molar-refractivity contribution in [2.75, 3.05) is 26.2 Å². The van der Waals surface area contributed by atoms with Crippen molar-refractivity contribution < 1.29 is 0 Å². The number of pyridine rings is 2. The van der Waals surface area contributed by atoms with Gasteiger partial charge in [-0.3, -0.25) is 19.8 Å². The molecule has 24 heavy (non-hydrogen) atoms. The fraction of sp³-hybridized carbons (Fsp3) is 0.500. The fourth-order valence-corrected chi connectivity index (χ4v) is 3.82. The Kier molecular flexibility index (Phi) is 4.86. The highest BCUT2D eigenvalue weighted by Gasteiger charge is 2.14. The molecule has 0 atom stereocenters. The maximum absolute atomic E-state index is 4.60. The molecule has 0 bridgehead atoms. The molecule has 2 saturated heterocycles. The lowest BCUT2D eigenvalue weighted by molar-refractivity contribution is 0.327. The molecule has 2 fully saturated rings. The molecule has 0 radical (unpaired) electrons. The third kappa shape index (κ3) is 3.82. The number of likely N-dealkylation sites (tertiary alicyclic amines) is 2. The first-order valence-electron chi connectivity index (χ1n) is 9.22. The first-order chi connectivity index (χ1) is 11.9. The van der Waals surface area contributed by atoms with E-state index in [9.17, 15) is 0 Å². The normalized spacial score (nSPS) is 19.2. The monoisotopic (exact) mass is 322 g/mol. The van der Waals surface area contributed by atoms with Gasteiger partial charge in [0.25, 0.3) is 0 Å². The van der Waals surface area contributed by atoms with Crippen molar-refractivity contribution in [2.24, 2.45) is 0 Å². The van der Waals surface area contributed by atoms with Crippen molar-refractivity contribution in [2.45, 2.75) is 38.8 Å². The van der Waals surface area contributed by atoms with E-state index in [4.69, 9.17) is 0 Å². The molecular weight excluding hydrogens is 296 g/mol. The molecule has 4 heterocycles. The molecule has 2 aromatic heterocycles. The fourth-order valence-electron chi connectivity index (χ4n) is 3.82. The molecule has 2 aromatic rings. The van der Waals surface area contributed by atoms with Crippen molar-refractivity contribution >= 4 is 0 Å². The van der Waals surface area contributed by atoms with Gasteiger partial charge in [-0.25, -0.2) is 0 Å². The second-order valence-corrected chi connectivity index (χ2v) is 7.05. The average Bonchev–Trinajstić information content (AvgIpc) is 3.30. The van der Waals surface area contributed by atoms with Gasteiger partial charge in [0.2, 0.25) is 0 Å². The Labute approximate surface area is 144 Å². The highest BCUT2D eigenvalue weighted by molar-refractivity contribution is 5.59. The molecule has 4 nitrogen and oxygen atoms in total. The summed E-state index contributed by atoms with van der Waals surface area (Å²) in [5.74, 6) is 0. The van der Waals surface area contributed by atoms with E-state index in [0.29, 0.717) is 0 Å². The molecule has 0 amide bonds. The lowest BCUT2D eigenvalue weighted by Crippen LogP contribution is -2.19. The summed E-state index contributed by atoms with van der Waals surface area (Å²) in [7, 11) is 0. The van der Waals surface area contributed by atoms with E-state index in [1.165, 1.54) is 63.0 Å².